The summed E-state index contributed by atoms with van der Waals surface area (Å²) in [6.45, 7) is 5.29. The molecule has 0 aromatic rings. The Hall–Kier alpha value is -1.30. The average Bonchev–Trinajstić information content (AvgIpc) is 2.48. The van der Waals surface area contributed by atoms with Crippen LogP contribution in [-0.2, 0) is 9.53 Å². The van der Waals surface area contributed by atoms with E-state index in [0.717, 1.165) is 6.42 Å². The Kier molecular flexibility index (Phi) is 4.54. The molecule has 6 nitrogen and oxygen atoms in total. The Labute approximate surface area is 95.1 Å². The number of ether oxygens (including phenoxy) is 1. The van der Waals surface area contributed by atoms with Crippen LogP contribution in [0.4, 0.5) is 4.79 Å². The zero-order valence-electron chi connectivity index (χ0n) is 9.73. The Morgan fingerprint density at radius 3 is 2.94 bits per heavy atom. The first-order chi connectivity index (χ1) is 7.50. The smallest absolute Gasteiger partial charge is 0.404 e. The first-order valence-electron chi connectivity index (χ1n) is 5.47. The fourth-order valence-electron chi connectivity index (χ4n) is 1.77. The molecule has 6 heteroatoms. The van der Waals surface area contributed by atoms with Gasteiger partial charge >= 0.3 is 6.09 Å². The molecular formula is C10H19N3O3. The molecule has 1 unspecified atom stereocenters. The SMILES string of the molecule is CC(C)NC1CCN(CCOC(N)=O)C1=O. The summed E-state index contributed by atoms with van der Waals surface area (Å²) in [6, 6.07) is 0.185. The molecule has 0 radical (unpaired) electrons. The summed E-state index contributed by atoms with van der Waals surface area (Å²) >= 11 is 0. The summed E-state index contributed by atoms with van der Waals surface area (Å²) < 4.78 is 4.59. The molecule has 0 aliphatic carbocycles. The summed E-state index contributed by atoms with van der Waals surface area (Å²) in [6.07, 6.45) is -0.00312. The number of carbonyl (C=O) groups excluding carboxylic acids is 2. The first-order valence-corrected chi connectivity index (χ1v) is 5.47. The normalized spacial score (nSPS) is 20.6. The number of carbonyl (C=O) groups is 2. The van der Waals surface area contributed by atoms with E-state index in [1.54, 1.807) is 4.90 Å². The van der Waals surface area contributed by atoms with Gasteiger partial charge in [0.15, 0.2) is 0 Å². The third kappa shape index (κ3) is 3.69. The van der Waals surface area contributed by atoms with E-state index in [-0.39, 0.29) is 24.6 Å². The number of nitrogens with two attached hydrogens (primary N) is 1. The molecule has 0 aromatic heterocycles. The van der Waals surface area contributed by atoms with Gasteiger partial charge in [-0.25, -0.2) is 4.79 Å². The summed E-state index contributed by atoms with van der Waals surface area (Å²) in [4.78, 5) is 23.8. The Morgan fingerprint density at radius 1 is 1.69 bits per heavy atom. The maximum atomic E-state index is 11.8. The van der Waals surface area contributed by atoms with Crippen LogP contribution < -0.4 is 11.1 Å². The lowest BCUT2D eigenvalue weighted by molar-refractivity contribution is -0.130. The number of nitrogens with one attached hydrogen (secondary N) is 1. The lowest BCUT2D eigenvalue weighted by Crippen LogP contribution is -2.42. The molecule has 0 aromatic carbocycles. The van der Waals surface area contributed by atoms with Crippen LogP contribution in [0.1, 0.15) is 20.3 Å². The van der Waals surface area contributed by atoms with Crippen molar-refractivity contribution in [1.82, 2.24) is 10.2 Å². The van der Waals surface area contributed by atoms with Crippen molar-refractivity contribution in [3.05, 3.63) is 0 Å². The number of nitrogens with zero attached hydrogens (tertiary/aromatic N) is 1. The highest BCUT2D eigenvalue weighted by atomic mass is 16.5. The van der Waals surface area contributed by atoms with Crippen LogP contribution in [0.15, 0.2) is 0 Å². The van der Waals surface area contributed by atoms with Crippen LogP contribution in [0.2, 0.25) is 0 Å². The van der Waals surface area contributed by atoms with Crippen LogP contribution in [0, 0.1) is 0 Å². The van der Waals surface area contributed by atoms with Gasteiger partial charge in [-0.15, -0.1) is 0 Å². The van der Waals surface area contributed by atoms with Crippen molar-refractivity contribution in [3.63, 3.8) is 0 Å². The monoisotopic (exact) mass is 229 g/mol. The third-order valence-corrected chi connectivity index (χ3v) is 2.44. The summed E-state index contributed by atoms with van der Waals surface area (Å²) in [5, 5.41) is 3.20. The molecule has 0 saturated carbocycles. The number of hydrogen-bond acceptors (Lipinski definition) is 4. The summed E-state index contributed by atoms with van der Waals surface area (Å²) in [5.74, 6) is 0.0711. The Bertz CT molecular complexity index is 268. The highest BCUT2D eigenvalue weighted by Gasteiger charge is 2.31. The van der Waals surface area contributed by atoms with Crippen molar-refractivity contribution in [2.45, 2.75) is 32.4 Å². The molecule has 16 heavy (non-hydrogen) atoms. The van der Waals surface area contributed by atoms with E-state index in [4.69, 9.17) is 5.73 Å². The molecule has 1 aliphatic heterocycles. The van der Waals surface area contributed by atoms with Gasteiger partial charge in [0, 0.05) is 12.6 Å². The Morgan fingerprint density at radius 2 is 2.38 bits per heavy atom. The van der Waals surface area contributed by atoms with Crippen molar-refractivity contribution in [2.24, 2.45) is 5.73 Å². The fraction of sp³-hybridized carbons (Fsp3) is 0.800. The van der Waals surface area contributed by atoms with Crippen LogP contribution in [0.3, 0.4) is 0 Å². The van der Waals surface area contributed by atoms with Crippen LogP contribution in [0.5, 0.6) is 0 Å². The van der Waals surface area contributed by atoms with Crippen molar-refractivity contribution >= 4 is 12.0 Å². The van der Waals surface area contributed by atoms with E-state index in [1.807, 2.05) is 13.8 Å². The molecule has 0 bridgehead atoms. The van der Waals surface area contributed by atoms with Crippen molar-refractivity contribution in [1.29, 1.82) is 0 Å². The van der Waals surface area contributed by atoms with Gasteiger partial charge in [0.25, 0.3) is 0 Å². The van der Waals surface area contributed by atoms with Crippen molar-refractivity contribution in [3.8, 4) is 0 Å². The molecule has 1 atom stereocenters. The summed E-state index contributed by atoms with van der Waals surface area (Å²) in [7, 11) is 0. The van der Waals surface area contributed by atoms with Crippen LogP contribution in [0.25, 0.3) is 0 Å². The fourth-order valence-corrected chi connectivity index (χ4v) is 1.77. The maximum Gasteiger partial charge on any atom is 0.404 e. The van der Waals surface area contributed by atoms with Gasteiger partial charge in [0.05, 0.1) is 12.6 Å². The van der Waals surface area contributed by atoms with E-state index in [1.165, 1.54) is 0 Å². The van der Waals surface area contributed by atoms with Gasteiger partial charge in [0.2, 0.25) is 5.91 Å². The number of amides is 2. The molecule has 2 amide bonds. The zero-order chi connectivity index (χ0) is 12.1. The Balaban J connectivity index is 2.30. The molecule has 1 aliphatic rings. The lowest BCUT2D eigenvalue weighted by atomic mass is 10.2. The van der Waals surface area contributed by atoms with Crippen LogP contribution in [-0.4, -0.2) is 48.7 Å². The second-order valence-electron chi connectivity index (χ2n) is 4.16. The lowest BCUT2D eigenvalue weighted by Gasteiger charge is -2.17. The molecular weight excluding hydrogens is 210 g/mol. The minimum absolute atomic E-state index is 0.0711. The van der Waals surface area contributed by atoms with Gasteiger partial charge in [-0.2, -0.15) is 0 Å². The van der Waals surface area contributed by atoms with Gasteiger partial charge in [-0.1, -0.05) is 13.8 Å². The zero-order valence-corrected chi connectivity index (χ0v) is 9.73. The predicted molar refractivity (Wildman–Crippen MR) is 58.8 cm³/mol. The predicted octanol–water partition coefficient (Wildman–Crippen LogP) is -0.319. The average molecular weight is 229 g/mol. The van der Waals surface area contributed by atoms with Gasteiger partial charge in [0.1, 0.15) is 6.61 Å². The molecule has 1 saturated heterocycles. The second-order valence-corrected chi connectivity index (χ2v) is 4.16. The van der Waals surface area contributed by atoms with Gasteiger partial charge < -0.3 is 20.7 Å². The van der Waals surface area contributed by atoms with Gasteiger partial charge in [-0.05, 0) is 6.42 Å². The van der Waals surface area contributed by atoms with Crippen molar-refractivity contribution < 1.29 is 14.3 Å². The number of likely N-dealkylation sites (tertiary alicyclic amines) is 1. The van der Waals surface area contributed by atoms with Crippen LogP contribution >= 0.6 is 0 Å². The van der Waals surface area contributed by atoms with E-state index in [9.17, 15) is 9.59 Å². The molecule has 1 heterocycles. The topological polar surface area (TPSA) is 84.7 Å². The van der Waals surface area contributed by atoms with E-state index >= 15 is 0 Å². The van der Waals surface area contributed by atoms with E-state index < -0.39 is 6.09 Å². The second kappa shape index (κ2) is 5.69. The van der Waals surface area contributed by atoms with E-state index in [2.05, 4.69) is 10.1 Å². The standard InChI is InChI=1S/C10H19N3O3/c1-7(2)12-8-3-4-13(9(8)14)5-6-16-10(11)15/h7-8,12H,3-6H2,1-2H3,(H2,11,15). The molecule has 92 valence electrons. The number of primary amides is 1. The van der Waals surface area contributed by atoms with E-state index in [0.29, 0.717) is 13.1 Å². The minimum Gasteiger partial charge on any atom is -0.448 e. The van der Waals surface area contributed by atoms with Gasteiger partial charge in [-0.3, -0.25) is 4.79 Å². The number of hydrogen-bond donors (Lipinski definition) is 2. The third-order valence-electron chi connectivity index (χ3n) is 2.44. The quantitative estimate of drug-likeness (QED) is 0.676. The highest BCUT2D eigenvalue weighted by molar-refractivity contribution is 5.84. The molecule has 3 N–H and O–H groups in total. The molecule has 1 fully saturated rings. The first kappa shape index (κ1) is 12.8. The largest absolute Gasteiger partial charge is 0.448 e. The molecule has 0 spiro atoms. The van der Waals surface area contributed by atoms with Crippen molar-refractivity contribution in [2.75, 3.05) is 19.7 Å². The molecule has 1 rings (SSSR count). The highest BCUT2D eigenvalue weighted by Crippen LogP contribution is 2.11. The number of rotatable bonds is 5. The minimum atomic E-state index is -0.802. The summed E-state index contributed by atoms with van der Waals surface area (Å²) in [5.41, 5.74) is 4.83. The maximum absolute atomic E-state index is 11.8.